The minimum atomic E-state index is 0.0175. The fourth-order valence-corrected chi connectivity index (χ4v) is 2.20. The molecule has 1 rings (SSSR count). The van der Waals surface area contributed by atoms with Gasteiger partial charge in [0.1, 0.15) is 0 Å². The summed E-state index contributed by atoms with van der Waals surface area (Å²) in [6.07, 6.45) is 1.09. The second-order valence-electron chi connectivity index (χ2n) is 6.23. The third-order valence-corrected chi connectivity index (χ3v) is 3.68. The van der Waals surface area contributed by atoms with Crippen molar-refractivity contribution >= 4 is 5.96 Å². The van der Waals surface area contributed by atoms with Gasteiger partial charge < -0.3 is 20.5 Å². The van der Waals surface area contributed by atoms with Gasteiger partial charge in [0.15, 0.2) is 5.96 Å². The monoisotopic (exact) mass is 335 g/mol. The normalized spacial score (nSPS) is 13.1. The first-order valence-electron chi connectivity index (χ1n) is 8.93. The van der Waals surface area contributed by atoms with Gasteiger partial charge in [0.25, 0.3) is 0 Å². The van der Waals surface area contributed by atoms with Crippen molar-refractivity contribution in [1.82, 2.24) is 10.6 Å². The molecule has 0 aliphatic rings. The van der Waals surface area contributed by atoms with Crippen LogP contribution in [0.15, 0.2) is 35.3 Å². The van der Waals surface area contributed by atoms with Gasteiger partial charge >= 0.3 is 0 Å². The first-order chi connectivity index (χ1) is 11.7. The highest BCUT2D eigenvalue weighted by Crippen LogP contribution is 2.14. The maximum atomic E-state index is 9.61. The molecule has 1 atom stereocenters. The van der Waals surface area contributed by atoms with Crippen molar-refractivity contribution in [3.05, 3.63) is 35.9 Å². The number of ether oxygens (including phenoxy) is 1. The van der Waals surface area contributed by atoms with E-state index in [1.807, 2.05) is 37.3 Å². The molecule has 0 saturated heterocycles. The second kappa shape index (κ2) is 12.8. The SMILES string of the molecule is CCNC(=NCC(CO)c1ccccc1)NCCOCCC(C)C. The minimum absolute atomic E-state index is 0.0175. The summed E-state index contributed by atoms with van der Waals surface area (Å²) < 4.78 is 5.60. The summed E-state index contributed by atoms with van der Waals surface area (Å²) in [5, 5.41) is 16.1. The zero-order valence-electron chi connectivity index (χ0n) is 15.3. The third-order valence-electron chi connectivity index (χ3n) is 3.68. The number of benzene rings is 1. The predicted octanol–water partition coefficient (Wildman–Crippen LogP) is 2.38. The Morgan fingerprint density at radius 2 is 1.92 bits per heavy atom. The van der Waals surface area contributed by atoms with Crippen LogP contribution in [0.25, 0.3) is 0 Å². The van der Waals surface area contributed by atoms with Crippen molar-refractivity contribution in [1.29, 1.82) is 0 Å². The smallest absolute Gasteiger partial charge is 0.191 e. The molecule has 1 unspecified atom stereocenters. The standard InChI is InChI=1S/C19H33N3O2/c1-4-20-19(21-11-13-24-12-10-16(2)3)22-14-18(15-23)17-8-6-5-7-9-17/h5-9,16,18,23H,4,10-15H2,1-3H3,(H2,20,21,22). The molecule has 0 amide bonds. The average Bonchev–Trinajstić information content (AvgIpc) is 2.59. The Bertz CT molecular complexity index is 449. The van der Waals surface area contributed by atoms with E-state index in [2.05, 4.69) is 29.5 Å². The van der Waals surface area contributed by atoms with Gasteiger partial charge in [0.05, 0.1) is 19.8 Å². The number of aliphatic imine (C=N–C) groups is 1. The van der Waals surface area contributed by atoms with Crippen LogP contribution in [0, 0.1) is 5.92 Å². The lowest BCUT2D eigenvalue weighted by molar-refractivity contribution is 0.128. The van der Waals surface area contributed by atoms with Crippen LogP contribution in [0.3, 0.4) is 0 Å². The topological polar surface area (TPSA) is 65.9 Å². The van der Waals surface area contributed by atoms with E-state index < -0.39 is 0 Å². The molecule has 3 N–H and O–H groups in total. The van der Waals surface area contributed by atoms with E-state index in [0.29, 0.717) is 19.1 Å². The molecular weight excluding hydrogens is 302 g/mol. The average molecular weight is 335 g/mol. The van der Waals surface area contributed by atoms with Crippen molar-refractivity contribution in [3.8, 4) is 0 Å². The van der Waals surface area contributed by atoms with Crippen LogP contribution in [-0.4, -0.2) is 50.5 Å². The fraction of sp³-hybridized carbons (Fsp3) is 0.632. The Balaban J connectivity index is 2.40. The van der Waals surface area contributed by atoms with Gasteiger partial charge in [-0.3, -0.25) is 4.99 Å². The summed E-state index contributed by atoms with van der Waals surface area (Å²) in [5.74, 6) is 1.45. The summed E-state index contributed by atoms with van der Waals surface area (Å²) in [7, 11) is 0. The third kappa shape index (κ3) is 8.89. The lowest BCUT2D eigenvalue weighted by Gasteiger charge is -2.15. The summed E-state index contributed by atoms with van der Waals surface area (Å²) in [5.41, 5.74) is 1.11. The Hall–Kier alpha value is -1.59. The molecule has 0 saturated carbocycles. The molecule has 0 fully saturated rings. The summed E-state index contributed by atoms with van der Waals surface area (Å²) >= 11 is 0. The van der Waals surface area contributed by atoms with Crippen LogP contribution in [0.5, 0.6) is 0 Å². The maximum absolute atomic E-state index is 9.61. The molecule has 0 bridgehead atoms. The van der Waals surface area contributed by atoms with Crippen LogP contribution in [0.2, 0.25) is 0 Å². The van der Waals surface area contributed by atoms with E-state index in [1.165, 1.54) is 0 Å². The predicted molar refractivity (Wildman–Crippen MR) is 101 cm³/mol. The Morgan fingerprint density at radius 1 is 1.17 bits per heavy atom. The number of rotatable bonds is 11. The summed E-state index contributed by atoms with van der Waals surface area (Å²) in [6.45, 7) is 10.1. The number of hydrogen-bond donors (Lipinski definition) is 3. The van der Waals surface area contributed by atoms with Crippen molar-refractivity contribution in [2.24, 2.45) is 10.9 Å². The first-order valence-corrected chi connectivity index (χ1v) is 8.93. The van der Waals surface area contributed by atoms with Gasteiger partial charge in [-0.25, -0.2) is 0 Å². The number of aliphatic hydroxyl groups is 1. The Labute approximate surface area is 146 Å². The van der Waals surface area contributed by atoms with Crippen LogP contribution in [0.1, 0.15) is 38.7 Å². The number of guanidine groups is 1. The number of hydrogen-bond acceptors (Lipinski definition) is 3. The highest BCUT2D eigenvalue weighted by Gasteiger charge is 2.09. The van der Waals surface area contributed by atoms with E-state index in [1.54, 1.807) is 0 Å². The van der Waals surface area contributed by atoms with Crippen LogP contribution in [-0.2, 0) is 4.74 Å². The quantitative estimate of drug-likeness (QED) is 0.330. The molecule has 136 valence electrons. The zero-order valence-corrected chi connectivity index (χ0v) is 15.3. The molecule has 0 aliphatic carbocycles. The number of aliphatic hydroxyl groups excluding tert-OH is 1. The Kier molecular flexibility index (Phi) is 10.9. The van der Waals surface area contributed by atoms with E-state index >= 15 is 0 Å². The molecule has 0 aromatic heterocycles. The van der Waals surface area contributed by atoms with E-state index in [9.17, 15) is 5.11 Å². The molecular formula is C19H33N3O2. The van der Waals surface area contributed by atoms with Gasteiger partial charge in [-0.2, -0.15) is 0 Å². The summed E-state index contributed by atoms with van der Waals surface area (Å²) in [6, 6.07) is 10.0. The Morgan fingerprint density at radius 3 is 2.54 bits per heavy atom. The highest BCUT2D eigenvalue weighted by molar-refractivity contribution is 5.79. The van der Waals surface area contributed by atoms with Gasteiger partial charge in [-0.1, -0.05) is 44.2 Å². The number of nitrogens with one attached hydrogen (secondary N) is 2. The van der Waals surface area contributed by atoms with Crippen LogP contribution in [0.4, 0.5) is 0 Å². The molecule has 1 aromatic carbocycles. The van der Waals surface area contributed by atoms with E-state index in [4.69, 9.17) is 4.74 Å². The van der Waals surface area contributed by atoms with Crippen molar-refractivity contribution in [3.63, 3.8) is 0 Å². The van der Waals surface area contributed by atoms with Crippen molar-refractivity contribution < 1.29 is 9.84 Å². The van der Waals surface area contributed by atoms with Gasteiger partial charge in [-0.15, -0.1) is 0 Å². The van der Waals surface area contributed by atoms with Crippen LogP contribution >= 0.6 is 0 Å². The van der Waals surface area contributed by atoms with E-state index in [0.717, 1.165) is 37.6 Å². The minimum Gasteiger partial charge on any atom is -0.396 e. The second-order valence-corrected chi connectivity index (χ2v) is 6.23. The molecule has 5 nitrogen and oxygen atoms in total. The van der Waals surface area contributed by atoms with Crippen molar-refractivity contribution in [2.75, 3.05) is 39.5 Å². The van der Waals surface area contributed by atoms with Crippen molar-refractivity contribution in [2.45, 2.75) is 33.1 Å². The zero-order chi connectivity index (χ0) is 17.6. The van der Waals surface area contributed by atoms with Gasteiger partial charge in [0.2, 0.25) is 0 Å². The molecule has 0 aliphatic heterocycles. The largest absolute Gasteiger partial charge is 0.396 e. The maximum Gasteiger partial charge on any atom is 0.191 e. The first kappa shape index (κ1) is 20.5. The number of nitrogens with zero attached hydrogens (tertiary/aromatic N) is 1. The van der Waals surface area contributed by atoms with Gasteiger partial charge in [0, 0.05) is 25.6 Å². The van der Waals surface area contributed by atoms with Crippen LogP contribution < -0.4 is 10.6 Å². The lowest BCUT2D eigenvalue weighted by Crippen LogP contribution is -2.39. The summed E-state index contributed by atoms with van der Waals surface area (Å²) in [4.78, 5) is 4.59. The molecule has 0 spiro atoms. The lowest BCUT2D eigenvalue weighted by atomic mass is 10.0. The highest BCUT2D eigenvalue weighted by atomic mass is 16.5. The fourth-order valence-electron chi connectivity index (χ4n) is 2.20. The molecule has 24 heavy (non-hydrogen) atoms. The van der Waals surface area contributed by atoms with E-state index in [-0.39, 0.29) is 12.5 Å². The molecule has 0 radical (unpaired) electrons. The molecule has 5 heteroatoms. The van der Waals surface area contributed by atoms with Gasteiger partial charge in [-0.05, 0) is 24.8 Å². The molecule has 0 heterocycles. The molecule has 1 aromatic rings.